The first-order valence-electron chi connectivity index (χ1n) is 10.5. The second kappa shape index (κ2) is 9.97. The van der Waals surface area contributed by atoms with Gasteiger partial charge in [-0.15, -0.1) is 11.3 Å². The van der Waals surface area contributed by atoms with Crippen molar-refractivity contribution in [1.82, 2.24) is 20.4 Å². The molecule has 2 amide bonds. The molecule has 4 aromatic rings. The maximum absolute atomic E-state index is 12.7. The largest absolute Gasteiger partial charge is 0.352 e. The van der Waals surface area contributed by atoms with Gasteiger partial charge in [0.25, 0.3) is 11.8 Å². The number of carbonyl (C=O) groups is 2. The SMILES string of the molecule is CCc1nn(-c2cccc(Cl)c2)c2sc(C(=O)NCCCNC(=O)c3ccccc3)cc12. The number of aryl methyl sites for hydroxylation is 1. The van der Waals surface area contributed by atoms with Crippen LogP contribution in [0.5, 0.6) is 0 Å². The fourth-order valence-electron chi connectivity index (χ4n) is 3.39. The molecular weight excluding hydrogens is 444 g/mol. The van der Waals surface area contributed by atoms with E-state index >= 15 is 0 Å². The van der Waals surface area contributed by atoms with Crippen LogP contribution in [0.2, 0.25) is 5.02 Å². The number of nitrogens with one attached hydrogen (secondary N) is 2. The first-order chi connectivity index (χ1) is 15.6. The van der Waals surface area contributed by atoms with Crippen molar-refractivity contribution < 1.29 is 9.59 Å². The van der Waals surface area contributed by atoms with Gasteiger partial charge >= 0.3 is 0 Å². The third kappa shape index (κ3) is 4.84. The van der Waals surface area contributed by atoms with Crippen LogP contribution in [0, 0.1) is 0 Å². The molecule has 0 unspecified atom stereocenters. The van der Waals surface area contributed by atoms with E-state index in [9.17, 15) is 9.59 Å². The lowest BCUT2D eigenvalue weighted by Crippen LogP contribution is -2.29. The summed E-state index contributed by atoms with van der Waals surface area (Å²) in [5.74, 6) is -0.237. The van der Waals surface area contributed by atoms with E-state index in [2.05, 4.69) is 10.6 Å². The highest BCUT2D eigenvalue weighted by Crippen LogP contribution is 2.31. The van der Waals surface area contributed by atoms with Crippen molar-refractivity contribution in [3.63, 3.8) is 0 Å². The number of hydrogen-bond donors (Lipinski definition) is 2. The topological polar surface area (TPSA) is 76.0 Å². The van der Waals surface area contributed by atoms with E-state index in [-0.39, 0.29) is 11.8 Å². The Labute approximate surface area is 195 Å². The molecule has 0 aliphatic carbocycles. The standard InChI is InChI=1S/C24H23ClN4O2S/c1-2-20-19-15-21(32-24(19)29(28-20)18-11-6-10-17(25)14-18)23(31)27-13-7-12-26-22(30)16-8-4-3-5-9-16/h3-6,8-11,14-15H,2,7,12-13H2,1H3,(H,26,30)(H,27,31). The summed E-state index contributed by atoms with van der Waals surface area (Å²) in [4.78, 5) is 26.3. The molecule has 4 rings (SSSR count). The van der Waals surface area contributed by atoms with Crippen LogP contribution in [0.1, 0.15) is 39.1 Å². The molecule has 0 spiro atoms. The van der Waals surface area contributed by atoms with Crippen molar-refractivity contribution in [3.8, 4) is 5.69 Å². The summed E-state index contributed by atoms with van der Waals surface area (Å²) in [6.45, 7) is 3.01. The lowest BCUT2D eigenvalue weighted by molar-refractivity contribution is 0.0953. The molecule has 2 aromatic carbocycles. The minimum absolute atomic E-state index is 0.112. The summed E-state index contributed by atoms with van der Waals surface area (Å²) in [6, 6.07) is 18.5. The average molecular weight is 467 g/mol. The Hall–Kier alpha value is -3.16. The van der Waals surface area contributed by atoms with Gasteiger partial charge in [0.05, 0.1) is 16.3 Å². The van der Waals surface area contributed by atoms with E-state index < -0.39 is 0 Å². The van der Waals surface area contributed by atoms with Crippen molar-refractivity contribution in [2.24, 2.45) is 0 Å². The van der Waals surface area contributed by atoms with Crippen molar-refractivity contribution in [1.29, 1.82) is 0 Å². The number of carbonyl (C=O) groups excluding carboxylic acids is 2. The number of amides is 2. The summed E-state index contributed by atoms with van der Waals surface area (Å²) < 4.78 is 1.85. The predicted molar refractivity (Wildman–Crippen MR) is 129 cm³/mol. The first kappa shape index (κ1) is 22.0. The Balaban J connectivity index is 1.38. The average Bonchev–Trinajstić information content (AvgIpc) is 3.39. The van der Waals surface area contributed by atoms with Gasteiger partial charge in [-0.1, -0.05) is 42.8 Å². The summed E-state index contributed by atoms with van der Waals surface area (Å²) in [5.41, 5.74) is 2.44. The fourth-order valence-corrected chi connectivity index (χ4v) is 4.65. The molecule has 2 heterocycles. The minimum Gasteiger partial charge on any atom is -0.352 e. The van der Waals surface area contributed by atoms with Gasteiger partial charge in [0.15, 0.2) is 0 Å². The molecule has 2 N–H and O–H groups in total. The normalized spacial score (nSPS) is 10.9. The molecule has 0 radical (unpaired) electrons. The third-order valence-electron chi connectivity index (χ3n) is 5.01. The fraction of sp³-hybridized carbons (Fsp3) is 0.208. The third-order valence-corrected chi connectivity index (χ3v) is 6.35. The van der Waals surface area contributed by atoms with Crippen LogP contribution >= 0.6 is 22.9 Å². The molecular formula is C24H23ClN4O2S. The maximum atomic E-state index is 12.7. The van der Waals surface area contributed by atoms with Crippen LogP contribution in [0.15, 0.2) is 60.7 Å². The molecule has 0 aliphatic rings. The molecule has 6 nitrogen and oxygen atoms in total. The predicted octanol–water partition coefficient (Wildman–Crippen LogP) is 4.85. The number of hydrogen-bond acceptors (Lipinski definition) is 4. The second-order valence-electron chi connectivity index (χ2n) is 7.25. The number of aromatic nitrogens is 2. The lowest BCUT2D eigenvalue weighted by Gasteiger charge is -2.06. The van der Waals surface area contributed by atoms with Crippen LogP contribution in [0.3, 0.4) is 0 Å². The van der Waals surface area contributed by atoms with Crippen LogP contribution in [-0.4, -0.2) is 34.7 Å². The summed E-state index contributed by atoms with van der Waals surface area (Å²) in [6.07, 6.45) is 1.41. The molecule has 0 bridgehead atoms. The van der Waals surface area contributed by atoms with Crippen LogP contribution < -0.4 is 10.6 Å². The minimum atomic E-state index is -0.125. The molecule has 0 fully saturated rings. The highest BCUT2D eigenvalue weighted by Gasteiger charge is 2.18. The van der Waals surface area contributed by atoms with Crippen molar-refractivity contribution >= 4 is 45.0 Å². The second-order valence-corrected chi connectivity index (χ2v) is 8.72. The number of benzene rings is 2. The van der Waals surface area contributed by atoms with E-state index in [0.717, 1.165) is 28.0 Å². The van der Waals surface area contributed by atoms with Gasteiger partial charge < -0.3 is 10.6 Å². The van der Waals surface area contributed by atoms with Gasteiger partial charge in [0, 0.05) is 29.1 Å². The Morgan fingerprint density at radius 1 is 1.00 bits per heavy atom. The number of nitrogens with zero attached hydrogens (tertiary/aromatic N) is 2. The van der Waals surface area contributed by atoms with Crippen LogP contribution in [-0.2, 0) is 6.42 Å². The number of halogens is 1. The quantitative estimate of drug-likeness (QED) is 0.364. The zero-order valence-corrected chi connectivity index (χ0v) is 19.2. The van der Waals surface area contributed by atoms with Crippen molar-refractivity contribution in [2.75, 3.05) is 13.1 Å². The van der Waals surface area contributed by atoms with E-state index in [1.807, 2.05) is 60.1 Å². The highest BCUT2D eigenvalue weighted by atomic mass is 35.5. The van der Waals surface area contributed by atoms with Gasteiger partial charge in [-0.3, -0.25) is 9.59 Å². The molecule has 0 atom stereocenters. The first-order valence-corrected chi connectivity index (χ1v) is 11.6. The van der Waals surface area contributed by atoms with Gasteiger partial charge in [0.2, 0.25) is 0 Å². The zero-order valence-electron chi connectivity index (χ0n) is 17.6. The Morgan fingerprint density at radius 2 is 1.75 bits per heavy atom. The summed E-state index contributed by atoms with van der Waals surface area (Å²) in [7, 11) is 0. The lowest BCUT2D eigenvalue weighted by atomic mass is 10.2. The van der Waals surface area contributed by atoms with Crippen molar-refractivity contribution in [2.45, 2.75) is 19.8 Å². The van der Waals surface area contributed by atoms with Crippen molar-refractivity contribution in [3.05, 3.63) is 81.8 Å². The molecule has 164 valence electrons. The number of fused-ring (bicyclic) bond motifs is 1. The molecule has 8 heteroatoms. The maximum Gasteiger partial charge on any atom is 0.261 e. The van der Waals surface area contributed by atoms with Crippen LogP contribution in [0.25, 0.3) is 15.9 Å². The smallest absolute Gasteiger partial charge is 0.261 e. The zero-order chi connectivity index (χ0) is 22.5. The molecule has 32 heavy (non-hydrogen) atoms. The summed E-state index contributed by atoms with van der Waals surface area (Å²) >= 11 is 7.56. The molecule has 2 aromatic heterocycles. The molecule has 0 saturated heterocycles. The van der Waals surface area contributed by atoms with E-state index in [4.69, 9.17) is 16.7 Å². The Bertz CT molecular complexity index is 1250. The molecule has 0 aliphatic heterocycles. The summed E-state index contributed by atoms with van der Waals surface area (Å²) in [5, 5.41) is 12.1. The van der Waals surface area contributed by atoms with Gasteiger partial charge in [-0.25, -0.2) is 4.68 Å². The Morgan fingerprint density at radius 3 is 2.47 bits per heavy atom. The number of thiophene rings is 1. The van der Waals surface area contributed by atoms with E-state index in [1.54, 1.807) is 12.1 Å². The van der Waals surface area contributed by atoms with Gasteiger partial charge in [0.1, 0.15) is 4.83 Å². The monoisotopic (exact) mass is 466 g/mol. The van der Waals surface area contributed by atoms with Gasteiger partial charge in [-0.2, -0.15) is 5.10 Å². The van der Waals surface area contributed by atoms with E-state index in [1.165, 1.54) is 11.3 Å². The molecule has 0 saturated carbocycles. The highest BCUT2D eigenvalue weighted by molar-refractivity contribution is 7.20. The Kier molecular flexibility index (Phi) is 6.87. The van der Waals surface area contributed by atoms with E-state index in [0.29, 0.717) is 35.0 Å². The van der Waals surface area contributed by atoms with Crippen LogP contribution in [0.4, 0.5) is 0 Å². The number of rotatable bonds is 8. The van der Waals surface area contributed by atoms with Gasteiger partial charge in [-0.05, 0) is 49.2 Å².